The molecule has 6 heteroatoms. The van der Waals surface area contributed by atoms with Gasteiger partial charge in [0, 0.05) is 58.3 Å². The molecule has 6 rings (SSSR count). The van der Waals surface area contributed by atoms with E-state index in [1.165, 1.54) is 33.5 Å². The van der Waals surface area contributed by atoms with E-state index >= 15 is 0 Å². The number of aromatic amines is 1. The van der Waals surface area contributed by atoms with E-state index in [0.29, 0.717) is 25.0 Å². The number of carbonyl (C=O) groups excluding carboxylic acids is 2. The Morgan fingerprint density at radius 1 is 0.833 bits per heavy atom. The van der Waals surface area contributed by atoms with Crippen LogP contribution in [0.2, 0.25) is 0 Å². The maximum Gasteiger partial charge on any atom is 0.141 e. The van der Waals surface area contributed by atoms with Gasteiger partial charge < -0.3 is 15.1 Å². The Labute approximate surface area is 276 Å². The predicted octanol–water partition coefficient (Wildman–Crippen LogP) is 7.65. The summed E-state index contributed by atoms with van der Waals surface area (Å²) in [6.45, 7) is 8.20. The summed E-state index contributed by atoms with van der Waals surface area (Å²) in [6, 6.07) is 29.4. The van der Waals surface area contributed by atoms with E-state index in [0.717, 1.165) is 22.2 Å². The zero-order chi connectivity index (χ0) is 28.9. The molecule has 1 aliphatic rings. The SMILES string of the molecule is C.CNc1ccc(C)cc1.Cc1cc[c-]c(C[C-]=O)c1.Cc1ccc2c(c1)CC(=O)C2.Cc1ccc2nc[nH]c2c1.[Y]. The molecule has 0 saturated carbocycles. The summed E-state index contributed by atoms with van der Waals surface area (Å²) >= 11 is 0. The van der Waals surface area contributed by atoms with Crippen molar-refractivity contribution < 1.29 is 42.3 Å². The number of rotatable bonds is 3. The molecule has 5 nitrogen and oxygen atoms in total. The first-order chi connectivity index (χ1) is 19.3. The topological polar surface area (TPSA) is 74.8 Å². The van der Waals surface area contributed by atoms with Gasteiger partial charge in [0.05, 0.1) is 17.4 Å². The fourth-order valence-corrected chi connectivity index (χ4v) is 4.17. The van der Waals surface area contributed by atoms with E-state index in [1.807, 2.05) is 44.5 Å². The van der Waals surface area contributed by atoms with Crippen molar-refractivity contribution in [2.75, 3.05) is 12.4 Å². The molecular weight excluding hydrogens is 595 g/mol. The molecule has 0 unspecified atom stereocenters. The van der Waals surface area contributed by atoms with Crippen molar-refractivity contribution in [1.82, 2.24) is 9.97 Å². The first-order valence-electron chi connectivity index (χ1n) is 13.3. The van der Waals surface area contributed by atoms with Gasteiger partial charge in [0.2, 0.25) is 0 Å². The van der Waals surface area contributed by atoms with Gasteiger partial charge in [-0.25, -0.2) is 4.98 Å². The molecule has 217 valence electrons. The summed E-state index contributed by atoms with van der Waals surface area (Å²) in [4.78, 5) is 28.1. The van der Waals surface area contributed by atoms with Crippen molar-refractivity contribution in [3.8, 4) is 0 Å². The number of fused-ring (bicyclic) bond motifs is 2. The monoisotopic (exact) mass is 636 g/mol. The minimum absolute atomic E-state index is 0. The minimum atomic E-state index is 0. The number of nitrogens with one attached hydrogen (secondary N) is 2. The van der Waals surface area contributed by atoms with E-state index in [4.69, 9.17) is 0 Å². The van der Waals surface area contributed by atoms with Crippen molar-refractivity contribution >= 4 is 28.8 Å². The summed E-state index contributed by atoms with van der Waals surface area (Å²) in [6.07, 6.45) is 5.19. The third kappa shape index (κ3) is 12.2. The van der Waals surface area contributed by atoms with Gasteiger partial charge in [-0.2, -0.15) is 35.4 Å². The molecule has 42 heavy (non-hydrogen) atoms. The van der Waals surface area contributed by atoms with Crippen molar-refractivity contribution in [3.05, 3.63) is 130 Å². The molecule has 1 radical (unpaired) electrons. The zero-order valence-electron chi connectivity index (χ0n) is 24.5. The molecule has 1 heterocycles. The van der Waals surface area contributed by atoms with Gasteiger partial charge in [0.25, 0.3) is 0 Å². The molecule has 0 atom stereocenters. The van der Waals surface area contributed by atoms with E-state index in [1.54, 1.807) is 6.33 Å². The molecule has 1 aliphatic carbocycles. The number of imidazole rings is 1. The molecule has 0 aliphatic heterocycles. The van der Waals surface area contributed by atoms with E-state index < -0.39 is 0 Å². The quantitative estimate of drug-likeness (QED) is 0.200. The number of aryl methyl sites for hydroxylation is 4. The second-order valence-corrected chi connectivity index (χ2v) is 9.92. The van der Waals surface area contributed by atoms with Gasteiger partial charge in [-0.15, -0.1) is 6.42 Å². The molecule has 4 aromatic carbocycles. The molecule has 0 fully saturated rings. The normalized spacial score (nSPS) is 10.6. The van der Waals surface area contributed by atoms with Gasteiger partial charge in [-0.05, 0) is 61.7 Å². The van der Waals surface area contributed by atoms with Crippen LogP contribution in [0.3, 0.4) is 0 Å². The van der Waals surface area contributed by atoms with Crippen LogP contribution in [0.5, 0.6) is 0 Å². The maximum atomic E-state index is 11.0. The maximum absolute atomic E-state index is 11.0. The van der Waals surface area contributed by atoms with Gasteiger partial charge in [0.1, 0.15) is 5.78 Å². The Bertz CT molecular complexity index is 1540. The third-order valence-electron chi connectivity index (χ3n) is 6.33. The van der Waals surface area contributed by atoms with Crippen LogP contribution in [0, 0.1) is 33.8 Å². The number of benzene rings is 4. The average molecular weight is 637 g/mol. The van der Waals surface area contributed by atoms with Gasteiger partial charge in [-0.3, -0.25) is 11.1 Å². The summed E-state index contributed by atoms with van der Waals surface area (Å²) < 4.78 is 0. The van der Waals surface area contributed by atoms with Crippen LogP contribution in [0.1, 0.15) is 46.4 Å². The summed E-state index contributed by atoms with van der Waals surface area (Å²) in [5.41, 5.74) is 11.6. The van der Waals surface area contributed by atoms with Crippen LogP contribution in [-0.2, 0) is 61.6 Å². The number of hydrogen-bond acceptors (Lipinski definition) is 4. The number of ketones is 1. The fraction of sp³-hybridized carbons (Fsp3) is 0.250. The number of anilines is 1. The first-order valence-corrected chi connectivity index (χ1v) is 13.3. The van der Waals surface area contributed by atoms with Crippen LogP contribution in [-0.4, -0.2) is 29.1 Å². The van der Waals surface area contributed by atoms with Gasteiger partial charge >= 0.3 is 0 Å². The third-order valence-corrected chi connectivity index (χ3v) is 6.33. The molecule has 0 bridgehead atoms. The van der Waals surface area contributed by atoms with Crippen LogP contribution in [0.15, 0.2) is 85.2 Å². The van der Waals surface area contributed by atoms with Crippen LogP contribution in [0.4, 0.5) is 5.69 Å². The Kier molecular flexibility index (Phi) is 16.5. The van der Waals surface area contributed by atoms with Gasteiger partial charge in [-0.1, -0.05) is 61.9 Å². The zero-order valence-corrected chi connectivity index (χ0v) is 27.4. The number of nitrogens with zero attached hydrogens (tertiary/aromatic N) is 1. The summed E-state index contributed by atoms with van der Waals surface area (Å²) in [5.74, 6) is 0.352. The predicted molar refractivity (Wildman–Crippen MR) is 171 cm³/mol. The van der Waals surface area contributed by atoms with E-state index in [2.05, 4.69) is 96.7 Å². The second-order valence-electron chi connectivity index (χ2n) is 9.92. The molecule has 0 amide bonds. The summed E-state index contributed by atoms with van der Waals surface area (Å²) in [5, 5.41) is 3.05. The minimum Gasteiger partial charge on any atom is -0.542 e. The van der Waals surface area contributed by atoms with Crippen molar-refractivity contribution in [3.63, 3.8) is 0 Å². The van der Waals surface area contributed by atoms with Crippen molar-refractivity contribution in [2.24, 2.45) is 0 Å². The smallest absolute Gasteiger partial charge is 0.141 e. The van der Waals surface area contributed by atoms with Gasteiger partial charge in [0.15, 0.2) is 0 Å². The average Bonchev–Trinajstić information content (AvgIpc) is 3.55. The first kappa shape index (κ1) is 36.6. The second kappa shape index (κ2) is 18.9. The molecule has 1 aromatic heterocycles. The van der Waals surface area contributed by atoms with Crippen molar-refractivity contribution in [1.29, 1.82) is 0 Å². The van der Waals surface area contributed by atoms with Crippen LogP contribution in [0.25, 0.3) is 11.0 Å². The Balaban J connectivity index is 0.000000276. The standard InChI is InChI=1S/C10H10O.C9H8O.C8H8N2.C8H11N.CH4.Y/c1-7-2-3-8-5-10(11)6-9(8)4-7;1-8-3-2-4-9(7-8)5-6-10;1-6-2-3-7-8(4-6)10-5-9-7;1-7-3-5-8(9-2)6-4-7;;/h2-4H,5-6H2,1H3;2-3,7H,5H2,1H3;2-5H,1H3,(H,9,10);3-6,9H,1-2H3;1H4;/q;-2;;;;. The van der Waals surface area contributed by atoms with E-state index in [9.17, 15) is 9.59 Å². The Morgan fingerprint density at radius 2 is 1.45 bits per heavy atom. The summed E-state index contributed by atoms with van der Waals surface area (Å²) in [7, 11) is 1.92. The number of aromatic nitrogens is 2. The number of hydrogen-bond donors (Lipinski definition) is 2. The Morgan fingerprint density at radius 3 is 2.12 bits per heavy atom. The molecule has 0 saturated heterocycles. The van der Waals surface area contributed by atoms with Crippen LogP contribution < -0.4 is 5.32 Å². The number of carbonyl (C=O) groups is 1. The van der Waals surface area contributed by atoms with E-state index in [-0.39, 0.29) is 40.1 Å². The number of Topliss-reactive ketones (excluding diaryl/α,β-unsaturated/α-hetero) is 1. The Hall–Kier alpha value is -3.41. The number of H-pyrrole nitrogens is 1. The van der Waals surface area contributed by atoms with Crippen molar-refractivity contribution in [2.45, 2.75) is 54.4 Å². The largest absolute Gasteiger partial charge is 0.542 e. The molecule has 5 aromatic rings. The van der Waals surface area contributed by atoms with Crippen LogP contribution >= 0.6 is 0 Å². The fourth-order valence-electron chi connectivity index (χ4n) is 4.17. The molecular formula is C36H41N3O2Y-2. The molecule has 2 N–H and O–H groups in total. The molecule has 0 spiro atoms.